The second-order valence-electron chi connectivity index (χ2n) is 6.58. The van der Waals surface area contributed by atoms with Gasteiger partial charge in [0.15, 0.2) is 12.6 Å². The Morgan fingerprint density at radius 2 is 1.39 bits per heavy atom. The van der Waals surface area contributed by atoms with Gasteiger partial charge < -0.3 is 54.7 Å². The van der Waals surface area contributed by atoms with Crippen LogP contribution in [0.25, 0.3) is 0 Å². The van der Waals surface area contributed by atoms with E-state index >= 15 is 0 Å². The van der Waals surface area contributed by atoms with Gasteiger partial charge in [-0.3, -0.25) is 0 Å². The minimum Gasteiger partial charge on any atom is -0.394 e. The number of aliphatic hydroxyl groups is 7. The van der Waals surface area contributed by atoms with Gasteiger partial charge in [-0.2, -0.15) is 5.21 Å². The lowest BCUT2D eigenvalue weighted by Gasteiger charge is -2.45. The first-order chi connectivity index (χ1) is 13.2. The van der Waals surface area contributed by atoms with Gasteiger partial charge in [0, 0.05) is 0 Å². The van der Waals surface area contributed by atoms with Crippen molar-refractivity contribution in [2.75, 3.05) is 27.0 Å². The molecule has 14 nitrogen and oxygen atoms in total. The normalized spacial score (nSPS) is 45.8. The highest BCUT2D eigenvalue weighted by Gasteiger charge is 2.50. The standard InChI is InChI=1S/C14H28N2O12/c1-16(24)15-4-25-13-11(23)12(8(20)6(3-18)26-13)28-14-10(22)9(21)7(19)5(2-17)27-14/h5-15,17-24H,2-4H2,1H3/p+1/t5-,6-,7-,8-,9+,10-,11-,12+,13-,14+/m1/s1. The molecule has 2 fully saturated rings. The van der Waals surface area contributed by atoms with Crippen molar-refractivity contribution in [1.29, 1.82) is 0 Å². The second kappa shape index (κ2) is 10.5. The lowest BCUT2D eigenvalue weighted by atomic mass is 9.97. The van der Waals surface area contributed by atoms with Crippen molar-refractivity contribution >= 4 is 0 Å². The zero-order valence-corrected chi connectivity index (χ0v) is 15.1. The highest BCUT2D eigenvalue weighted by Crippen LogP contribution is 2.29. The van der Waals surface area contributed by atoms with Gasteiger partial charge in [0.25, 0.3) is 0 Å². The minimum atomic E-state index is -1.75. The van der Waals surface area contributed by atoms with Crippen molar-refractivity contribution in [2.45, 2.75) is 61.4 Å². The molecule has 2 aliphatic rings. The smallest absolute Gasteiger partial charge is 0.188 e. The summed E-state index contributed by atoms with van der Waals surface area (Å²) in [5, 5.41) is 78.0. The van der Waals surface area contributed by atoms with Crippen LogP contribution in [0.15, 0.2) is 0 Å². The topological polar surface area (TPSA) is 215 Å². The Morgan fingerprint density at radius 3 is 1.96 bits per heavy atom. The molecule has 0 aromatic heterocycles. The van der Waals surface area contributed by atoms with Crippen molar-refractivity contribution in [3.63, 3.8) is 0 Å². The van der Waals surface area contributed by atoms with Gasteiger partial charge in [-0.15, -0.1) is 10.6 Å². The van der Waals surface area contributed by atoms with Crippen LogP contribution in [0, 0.1) is 0 Å². The largest absolute Gasteiger partial charge is 0.394 e. The Bertz CT molecular complexity index is 472. The van der Waals surface area contributed by atoms with Crippen molar-refractivity contribution < 1.29 is 65.1 Å². The van der Waals surface area contributed by atoms with Crippen LogP contribution in [0.4, 0.5) is 0 Å². The first-order valence-corrected chi connectivity index (χ1v) is 8.67. The van der Waals surface area contributed by atoms with Gasteiger partial charge >= 0.3 is 0 Å². The fourth-order valence-electron chi connectivity index (χ4n) is 2.91. The van der Waals surface area contributed by atoms with E-state index in [9.17, 15) is 35.7 Å². The Labute approximate surface area is 160 Å². The first-order valence-electron chi connectivity index (χ1n) is 8.67. The fraction of sp³-hybridized carbons (Fsp3) is 1.00. The summed E-state index contributed by atoms with van der Waals surface area (Å²) >= 11 is 0. The van der Waals surface area contributed by atoms with E-state index in [0.717, 1.165) is 0 Å². The summed E-state index contributed by atoms with van der Waals surface area (Å²) in [5.74, 6) is 0. The molecular weight excluding hydrogens is 388 g/mol. The molecule has 2 saturated heterocycles. The molecule has 14 heteroatoms. The van der Waals surface area contributed by atoms with Gasteiger partial charge in [0.2, 0.25) is 0 Å². The number of quaternary nitrogens is 1. The number of hydrogen-bond acceptors (Lipinski definition) is 13. The van der Waals surface area contributed by atoms with Crippen LogP contribution in [0.3, 0.4) is 0 Å². The summed E-state index contributed by atoms with van der Waals surface area (Å²) in [6, 6.07) is 0. The summed E-state index contributed by atoms with van der Waals surface area (Å²) in [6.07, 6.45) is -15.2. The molecule has 166 valence electrons. The molecule has 28 heavy (non-hydrogen) atoms. The number of ether oxygens (including phenoxy) is 4. The van der Waals surface area contributed by atoms with Crippen LogP contribution in [0.5, 0.6) is 0 Å². The minimum absolute atomic E-state index is 0.154. The van der Waals surface area contributed by atoms with Crippen LogP contribution >= 0.6 is 0 Å². The molecule has 0 aliphatic carbocycles. The highest BCUT2D eigenvalue weighted by atomic mass is 16.7. The van der Waals surface area contributed by atoms with Crippen LogP contribution in [0.2, 0.25) is 0 Å². The van der Waals surface area contributed by atoms with E-state index in [0.29, 0.717) is 0 Å². The van der Waals surface area contributed by atoms with Gasteiger partial charge in [-0.25, -0.2) is 0 Å². The van der Waals surface area contributed by atoms with E-state index in [4.69, 9.17) is 24.2 Å². The predicted molar refractivity (Wildman–Crippen MR) is 84.2 cm³/mol. The Balaban J connectivity index is 2.09. The van der Waals surface area contributed by atoms with E-state index in [-0.39, 0.29) is 11.9 Å². The molecule has 0 saturated carbocycles. The fourth-order valence-corrected chi connectivity index (χ4v) is 2.91. The maximum absolute atomic E-state index is 10.4. The first kappa shape index (κ1) is 23.7. The van der Waals surface area contributed by atoms with Crippen LogP contribution in [0.1, 0.15) is 0 Å². The van der Waals surface area contributed by atoms with Crippen molar-refractivity contribution in [2.24, 2.45) is 0 Å². The average Bonchev–Trinajstić information content (AvgIpc) is 2.66. The van der Waals surface area contributed by atoms with Crippen LogP contribution in [-0.2, 0) is 18.9 Å². The van der Waals surface area contributed by atoms with Crippen molar-refractivity contribution in [3.8, 4) is 0 Å². The van der Waals surface area contributed by atoms with Crippen molar-refractivity contribution in [3.05, 3.63) is 0 Å². The monoisotopic (exact) mass is 417 g/mol. The highest BCUT2D eigenvalue weighted by molar-refractivity contribution is 4.94. The molecule has 1 unspecified atom stereocenters. The number of rotatable bonds is 8. The Morgan fingerprint density at radius 1 is 0.821 bits per heavy atom. The molecule has 2 rings (SSSR count). The zero-order valence-electron chi connectivity index (χ0n) is 15.1. The zero-order chi connectivity index (χ0) is 21.0. The Kier molecular flexibility index (Phi) is 8.86. The van der Waals surface area contributed by atoms with E-state index in [1.165, 1.54) is 7.05 Å². The SMILES string of the molecule is C[NH+](O)NCO[C@@H]1O[C@H](CO)[C@@H](O)[C@H](O[C@@H]2O[C@H](CO)[C@@H](O)[C@H](O)[C@H]2O)[C@H]1O. The second-order valence-corrected chi connectivity index (χ2v) is 6.58. The summed E-state index contributed by atoms with van der Waals surface area (Å²) < 4.78 is 21.1. The van der Waals surface area contributed by atoms with Crippen LogP contribution in [-0.4, -0.2) is 129 Å². The average molecular weight is 417 g/mol. The molecule has 10 N–H and O–H groups in total. The number of aliphatic hydroxyl groups excluding tert-OH is 7. The third-order valence-corrected chi connectivity index (χ3v) is 4.54. The lowest BCUT2D eigenvalue weighted by molar-refractivity contribution is -1.11. The molecule has 0 bridgehead atoms. The molecule has 0 spiro atoms. The molecule has 0 amide bonds. The predicted octanol–water partition coefficient (Wildman–Crippen LogP) is -7.01. The quantitative estimate of drug-likeness (QED) is 0.131. The van der Waals surface area contributed by atoms with E-state index in [2.05, 4.69) is 5.43 Å². The number of hydroxylamine groups is 1. The summed E-state index contributed by atoms with van der Waals surface area (Å²) in [4.78, 5) is 0. The molecule has 2 heterocycles. The van der Waals surface area contributed by atoms with E-state index in [1.807, 2.05) is 0 Å². The third kappa shape index (κ3) is 5.32. The summed E-state index contributed by atoms with van der Waals surface area (Å²) in [6.45, 7) is -1.61. The molecule has 0 aromatic rings. The van der Waals surface area contributed by atoms with Gasteiger partial charge in [0.05, 0.1) is 13.2 Å². The summed E-state index contributed by atoms with van der Waals surface area (Å²) in [7, 11) is 1.35. The Hall–Kier alpha value is -0.560. The molecule has 0 radical (unpaired) electrons. The lowest BCUT2D eigenvalue weighted by Crippen LogP contribution is -3.13. The van der Waals surface area contributed by atoms with Crippen LogP contribution < -0.4 is 10.6 Å². The molecule has 11 atom stereocenters. The van der Waals surface area contributed by atoms with Gasteiger partial charge in [-0.05, 0) is 0 Å². The molecular formula is C14H29N2O12+. The number of hydrogen-bond donors (Lipinski definition) is 10. The maximum Gasteiger partial charge on any atom is 0.188 e. The van der Waals surface area contributed by atoms with E-state index < -0.39 is 74.6 Å². The molecule has 0 aromatic carbocycles. The van der Waals surface area contributed by atoms with Gasteiger partial charge in [-0.1, -0.05) is 0 Å². The maximum atomic E-state index is 10.4. The van der Waals surface area contributed by atoms with E-state index in [1.54, 1.807) is 0 Å². The van der Waals surface area contributed by atoms with Crippen molar-refractivity contribution in [1.82, 2.24) is 5.43 Å². The molecule has 2 aliphatic heterocycles. The van der Waals surface area contributed by atoms with Gasteiger partial charge in [0.1, 0.15) is 62.6 Å². The number of nitrogens with one attached hydrogen (secondary N) is 2. The third-order valence-electron chi connectivity index (χ3n) is 4.54. The summed E-state index contributed by atoms with van der Waals surface area (Å²) in [5.41, 5.74) is 2.42.